The average Bonchev–Trinajstić information content (AvgIpc) is 3.02. The van der Waals surface area contributed by atoms with Crippen LogP contribution in [-0.2, 0) is 16.1 Å². The Labute approximate surface area is 245 Å². The number of non-ortho nitro benzene ring substituents is 1. The van der Waals surface area contributed by atoms with Gasteiger partial charge in [-0.3, -0.25) is 15.0 Å². The van der Waals surface area contributed by atoms with E-state index in [0.717, 1.165) is 55.1 Å². The molecular weight excluding hydrogens is 538 g/mol. The van der Waals surface area contributed by atoms with Crippen molar-refractivity contribution < 1.29 is 24.3 Å². The van der Waals surface area contributed by atoms with Gasteiger partial charge in [-0.15, -0.1) is 0 Å². The van der Waals surface area contributed by atoms with Crippen molar-refractivity contribution in [3.8, 4) is 0 Å². The van der Waals surface area contributed by atoms with E-state index in [1.807, 2.05) is 67.6 Å². The van der Waals surface area contributed by atoms with Gasteiger partial charge in [0.25, 0.3) is 5.69 Å². The van der Waals surface area contributed by atoms with E-state index in [2.05, 4.69) is 20.4 Å². The summed E-state index contributed by atoms with van der Waals surface area (Å²) in [6, 6.07) is 21.8. The van der Waals surface area contributed by atoms with Crippen LogP contribution in [0.2, 0.25) is 0 Å². The first-order valence-corrected chi connectivity index (χ1v) is 14.3. The summed E-state index contributed by atoms with van der Waals surface area (Å²) in [6.07, 6.45) is -0.151. The number of hydrogen-bond acceptors (Lipinski definition) is 8. The number of aliphatic hydroxyl groups is 1. The zero-order valence-corrected chi connectivity index (χ0v) is 23.6. The molecule has 3 N–H and O–H groups in total. The maximum absolute atomic E-state index is 11.9. The minimum atomic E-state index is -0.578. The summed E-state index contributed by atoms with van der Waals surface area (Å²) >= 11 is 0. The largest absolute Gasteiger partial charge is 0.392 e. The molecule has 0 aromatic heterocycles. The molecule has 0 bridgehead atoms. The molecule has 2 amide bonds. The number of rotatable bonds is 9. The third-order valence-corrected chi connectivity index (χ3v) is 7.65. The van der Waals surface area contributed by atoms with E-state index >= 15 is 0 Å². The molecule has 3 aromatic carbocycles. The summed E-state index contributed by atoms with van der Waals surface area (Å²) in [7, 11) is 0. The van der Waals surface area contributed by atoms with Gasteiger partial charge in [0, 0.05) is 74.8 Å². The zero-order chi connectivity index (χ0) is 29.5. The first-order chi connectivity index (χ1) is 20.4. The summed E-state index contributed by atoms with van der Waals surface area (Å²) in [5.41, 5.74) is 4.50. The second kappa shape index (κ2) is 13.8. The number of hydrogen-bond donors (Lipinski definition) is 3. The lowest BCUT2D eigenvalue weighted by Gasteiger charge is -2.41. The SMILES string of the molecule is CCNC(=O)Nc1ccc(C2OC(CN3CCN(c4ccc([N+](=O)[O-])cc4)CC3)CC(c3ccc(CO)cc3)O2)cc1. The minimum absolute atomic E-state index is 0.0112. The molecule has 11 nitrogen and oxygen atoms in total. The summed E-state index contributed by atoms with van der Waals surface area (Å²) in [5.74, 6) is 0. The highest BCUT2D eigenvalue weighted by atomic mass is 16.7. The molecule has 0 saturated carbocycles. The van der Waals surface area contributed by atoms with Crippen LogP contribution >= 0.6 is 0 Å². The van der Waals surface area contributed by atoms with Crippen molar-refractivity contribution >= 4 is 23.1 Å². The first kappa shape index (κ1) is 29.5. The minimum Gasteiger partial charge on any atom is -0.392 e. The molecule has 3 aromatic rings. The summed E-state index contributed by atoms with van der Waals surface area (Å²) < 4.78 is 13.0. The Morgan fingerprint density at radius 3 is 2.24 bits per heavy atom. The van der Waals surface area contributed by atoms with Gasteiger partial charge in [0.05, 0.1) is 23.7 Å². The van der Waals surface area contributed by atoms with E-state index in [1.54, 1.807) is 12.1 Å². The van der Waals surface area contributed by atoms with Crippen molar-refractivity contribution in [1.82, 2.24) is 10.2 Å². The molecule has 3 unspecified atom stereocenters. The fraction of sp³-hybridized carbons (Fsp3) is 0.387. The number of nitro groups is 1. The van der Waals surface area contributed by atoms with Crippen LogP contribution in [0.3, 0.4) is 0 Å². The van der Waals surface area contributed by atoms with Crippen molar-refractivity contribution in [3.05, 3.63) is 99.6 Å². The third-order valence-electron chi connectivity index (χ3n) is 7.65. The number of carbonyl (C=O) groups excluding carboxylic acids is 1. The number of nitrogens with zero attached hydrogens (tertiary/aromatic N) is 3. The maximum Gasteiger partial charge on any atom is 0.319 e. The maximum atomic E-state index is 11.9. The smallest absolute Gasteiger partial charge is 0.319 e. The number of amides is 2. The van der Waals surface area contributed by atoms with Gasteiger partial charge in [-0.1, -0.05) is 36.4 Å². The monoisotopic (exact) mass is 575 g/mol. The molecule has 0 radical (unpaired) electrons. The van der Waals surface area contributed by atoms with E-state index < -0.39 is 6.29 Å². The predicted octanol–water partition coefficient (Wildman–Crippen LogP) is 4.60. The number of ether oxygens (including phenoxy) is 2. The number of aliphatic hydroxyl groups excluding tert-OH is 1. The lowest BCUT2D eigenvalue weighted by Crippen LogP contribution is -2.49. The summed E-state index contributed by atoms with van der Waals surface area (Å²) in [4.78, 5) is 27.1. The second-order valence-electron chi connectivity index (χ2n) is 10.5. The van der Waals surface area contributed by atoms with Gasteiger partial charge in [0.1, 0.15) is 0 Å². The van der Waals surface area contributed by atoms with Gasteiger partial charge >= 0.3 is 6.03 Å². The Hall–Kier alpha value is -4.03. The highest BCUT2D eigenvalue weighted by molar-refractivity contribution is 5.89. The molecular formula is C31H37N5O6. The lowest BCUT2D eigenvalue weighted by atomic mass is 9.99. The normalized spacial score (nSPS) is 21.1. The zero-order valence-electron chi connectivity index (χ0n) is 23.6. The fourth-order valence-electron chi connectivity index (χ4n) is 5.35. The van der Waals surface area contributed by atoms with E-state index in [4.69, 9.17) is 9.47 Å². The molecule has 222 valence electrons. The molecule has 42 heavy (non-hydrogen) atoms. The van der Waals surface area contributed by atoms with E-state index in [1.165, 1.54) is 0 Å². The number of benzene rings is 3. The molecule has 3 atom stereocenters. The van der Waals surface area contributed by atoms with Gasteiger partial charge < -0.3 is 30.1 Å². The van der Waals surface area contributed by atoms with Crippen LogP contribution in [0, 0.1) is 10.1 Å². The van der Waals surface area contributed by atoms with Crippen LogP contribution in [0.1, 0.15) is 42.4 Å². The van der Waals surface area contributed by atoms with E-state index in [0.29, 0.717) is 18.7 Å². The van der Waals surface area contributed by atoms with Crippen LogP contribution in [-0.4, -0.2) is 66.3 Å². The Kier molecular flexibility index (Phi) is 9.65. The molecule has 0 aliphatic carbocycles. The van der Waals surface area contributed by atoms with Crippen LogP contribution in [0.25, 0.3) is 0 Å². The number of nitrogens with one attached hydrogen (secondary N) is 2. The lowest BCUT2D eigenvalue weighted by molar-refractivity contribution is -0.384. The fourth-order valence-corrected chi connectivity index (χ4v) is 5.35. The van der Waals surface area contributed by atoms with E-state index in [9.17, 15) is 20.0 Å². The molecule has 11 heteroatoms. The standard InChI is InChI=1S/C31H37N5O6/c1-2-32-31(38)33-25-9-7-24(8-10-25)30-41-28(19-29(42-30)23-5-3-22(21-37)4-6-23)20-34-15-17-35(18-16-34)26-11-13-27(14-12-26)36(39)40/h3-14,28-30,37H,2,15-21H2,1H3,(H2,32,33,38). The molecule has 2 saturated heterocycles. The number of carbonyl (C=O) groups is 1. The molecule has 2 aliphatic heterocycles. The van der Waals surface area contributed by atoms with Gasteiger partial charge in [-0.2, -0.15) is 0 Å². The predicted molar refractivity (Wildman–Crippen MR) is 159 cm³/mol. The van der Waals surface area contributed by atoms with Crippen molar-refractivity contribution in [2.24, 2.45) is 0 Å². The van der Waals surface area contributed by atoms with Gasteiger partial charge in [0.15, 0.2) is 6.29 Å². The molecule has 2 heterocycles. The number of anilines is 2. The first-order valence-electron chi connectivity index (χ1n) is 14.3. The van der Waals surface area contributed by atoms with Crippen molar-refractivity contribution in [3.63, 3.8) is 0 Å². The highest BCUT2D eigenvalue weighted by Gasteiger charge is 2.34. The van der Waals surface area contributed by atoms with Gasteiger partial charge in [-0.05, 0) is 42.3 Å². The quantitative estimate of drug-likeness (QED) is 0.250. The highest BCUT2D eigenvalue weighted by Crippen LogP contribution is 2.38. The number of nitro benzene ring substituents is 1. The molecule has 2 fully saturated rings. The Morgan fingerprint density at radius 2 is 1.62 bits per heavy atom. The number of piperazine rings is 1. The summed E-state index contributed by atoms with van der Waals surface area (Å²) in [6.45, 7) is 6.47. The Balaban J connectivity index is 1.25. The van der Waals surface area contributed by atoms with Crippen LogP contribution in [0.15, 0.2) is 72.8 Å². The number of urea groups is 1. The van der Waals surface area contributed by atoms with Crippen molar-refractivity contribution in [2.75, 3.05) is 49.5 Å². The third kappa shape index (κ3) is 7.42. The van der Waals surface area contributed by atoms with Crippen LogP contribution in [0.4, 0.5) is 21.9 Å². The second-order valence-corrected chi connectivity index (χ2v) is 10.5. The van der Waals surface area contributed by atoms with Crippen LogP contribution < -0.4 is 15.5 Å². The van der Waals surface area contributed by atoms with Gasteiger partial charge in [0.2, 0.25) is 0 Å². The Morgan fingerprint density at radius 1 is 0.952 bits per heavy atom. The molecule has 2 aliphatic rings. The topological polar surface area (TPSA) is 129 Å². The van der Waals surface area contributed by atoms with Gasteiger partial charge in [-0.25, -0.2) is 4.79 Å². The van der Waals surface area contributed by atoms with Crippen molar-refractivity contribution in [1.29, 1.82) is 0 Å². The summed E-state index contributed by atoms with van der Waals surface area (Å²) in [5, 5.41) is 26.0. The molecule has 0 spiro atoms. The molecule has 5 rings (SSSR count). The van der Waals surface area contributed by atoms with Crippen molar-refractivity contribution in [2.45, 2.75) is 38.4 Å². The average molecular weight is 576 g/mol. The Bertz CT molecular complexity index is 1330. The van der Waals surface area contributed by atoms with Crippen LogP contribution in [0.5, 0.6) is 0 Å². The van der Waals surface area contributed by atoms with E-state index in [-0.39, 0.29) is 35.5 Å².